The molecule has 1 fully saturated rings. The number of hydrogen-bond donors (Lipinski definition) is 2. The monoisotopic (exact) mass is 389 g/mol. The first kappa shape index (κ1) is 21.7. The molecule has 1 aromatic rings. The molecule has 7 heteroatoms. The van der Waals surface area contributed by atoms with Gasteiger partial charge in [-0.1, -0.05) is 29.8 Å². The highest BCUT2D eigenvalue weighted by atomic mass is 16.6. The van der Waals surface area contributed by atoms with Gasteiger partial charge in [0, 0.05) is 25.7 Å². The third kappa shape index (κ3) is 5.71. The maximum absolute atomic E-state index is 12.7. The van der Waals surface area contributed by atoms with E-state index in [-0.39, 0.29) is 23.9 Å². The van der Waals surface area contributed by atoms with E-state index in [0.717, 1.165) is 11.1 Å². The molecule has 1 heterocycles. The Balaban J connectivity index is 1.83. The molecule has 0 spiro atoms. The van der Waals surface area contributed by atoms with Crippen LogP contribution in [0.15, 0.2) is 24.3 Å². The maximum Gasteiger partial charge on any atom is 0.409 e. The highest BCUT2D eigenvalue weighted by molar-refractivity contribution is 6.04. The number of benzene rings is 1. The van der Waals surface area contributed by atoms with Crippen molar-refractivity contribution >= 4 is 17.9 Å². The molecule has 0 radical (unpaired) electrons. The summed E-state index contributed by atoms with van der Waals surface area (Å²) in [5.74, 6) is -0.612. The van der Waals surface area contributed by atoms with Gasteiger partial charge in [0.25, 0.3) is 0 Å². The summed E-state index contributed by atoms with van der Waals surface area (Å²) in [6, 6.07) is 7.83. The number of carbonyl (C=O) groups is 3. The third-order valence-corrected chi connectivity index (χ3v) is 5.03. The van der Waals surface area contributed by atoms with Crippen molar-refractivity contribution < 1.29 is 19.1 Å². The van der Waals surface area contributed by atoms with Gasteiger partial charge in [0.2, 0.25) is 11.8 Å². The Morgan fingerprint density at radius 3 is 2.46 bits per heavy atom. The second-order valence-electron chi connectivity index (χ2n) is 7.73. The van der Waals surface area contributed by atoms with Crippen molar-refractivity contribution in [2.75, 3.05) is 19.7 Å². The predicted molar refractivity (Wildman–Crippen MR) is 107 cm³/mol. The van der Waals surface area contributed by atoms with Crippen LogP contribution in [0.1, 0.15) is 44.7 Å². The maximum atomic E-state index is 12.7. The molecule has 0 bridgehead atoms. The number of aryl methyl sites for hydroxylation is 1. The number of likely N-dealkylation sites (tertiary alicyclic amines) is 1. The van der Waals surface area contributed by atoms with E-state index in [2.05, 4.69) is 10.6 Å². The van der Waals surface area contributed by atoms with Gasteiger partial charge in [-0.2, -0.15) is 0 Å². The first-order chi connectivity index (χ1) is 13.2. The third-order valence-electron chi connectivity index (χ3n) is 5.03. The fourth-order valence-electron chi connectivity index (χ4n) is 3.12. The van der Waals surface area contributed by atoms with Gasteiger partial charge in [0.15, 0.2) is 0 Å². The molecule has 1 aliphatic heterocycles. The predicted octanol–water partition coefficient (Wildman–Crippen LogP) is 2.37. The summed E-state index contributed by atoms with van der Waals surface area (Å²) in [4.78, 5) is 38.7. The lowest BCUT2D eigenvalue weighted by Crippen LogP contribution is -2.53. The van der Waals surface area contributed by atoms with E-state index in [1.54, 1.807) is 25.7 Å². The van der Waals surface area contributed by atoms with E-state index in [4.69, 9.17) is 4.74 Å². The van der Waals surface area contributed by atoms with E-state index in [1.165, 1.54) is 0 Å². The van der Waals surface area contributed by atoms with Gasteiger partial charge in [0.1, 0.15) is 5.41 Å². The van der Waals surface area contributed by atoms with Crippen molar-refractivity contribution in [3.63, 3.8) is 0 Å². The molecular weight excluding hydrogens is 358 g/mol. The van der Waals surface area contributed by atoms with Crippen LogP contribution in [0.25, 0.3) is 0 Å². The van der Waals surface area contributed by atoms with Crippen LogP contribution in [0, 0.1) is 12.3 Å². The molecule has 1 aromatic carbocycles. The molecule has 28 heavy (non-hydrogen) atoms. The summed E-state index contributed by atoms with van der Waals surface area (Å²) in [6.45, 7) is 8.82. The van der Waals surface area contributed by atoms with Gasteiger partial charge in [-0.15, -0.1) is 0 Å². The minimum atomic E-state index is -1.18. The van der Waals surface area contributed by atoms with Crippen LogP contribution < -0.4 is 10.6 Å². The number of piperidine rings is 1. The van der Waals surface area contributed by atoms with Crippen molar-refractivity contribution in [3.8, 4) is 0 Å². The minimum absolute atomic E-state index is 0.0537. The molecule has 1 saturated heterocycles. The summed E-state index contributed by atoms with van der Waals surface area (Å²) >= 11 is 0. The number of ether oxygens (including phenoxy) is 1. The average molecular weight is 389 g/mol. The summed E-state index contributed by atoms with van der Waals surface area (Å²) in [5, 5.41) is 5.81. The molecule has 0 atom stereocenters. The molecule has 154 valence electrons. The Morgan fingerprint density at radius 1 is 1.18 bits per heavy atom. The lowest BCUT2D eigenvalue weighted by Gasteiger charge is -2.33. The summed E-state index contributed by atoms with van der Waals surface area (Å²) in [7, 11) is 0. The zero-order valence-corrected chi connectivity index (χ0v) is 17.2. The standard InChI is InChI=1S/C21H31N3O4/c1-5-28-20(27)24-11-9-17(10-12-24)23-19(26)21(3,4)18(25)22-14-16-8-6-7-15(2)13-16/h6-8,13,17H,5,9-12,14H2,1-4H3,(H,22,25)(H,23,26). The van der Waals surface area contributed by atoms with Crippen LogP contribution >= 0.6 is 0 Å². The molecule has 0 aromatic heterocycles. The SMILES string of the molecule is CCOC(=O)N1CCC(NC(=O)C(C)(C)C(=O)NCc2cccc(C)c2)CC1. The van der Waals surface area contributed by atoms with Gasteiger partial charge >= 0.3 is 6.09 Å². The fraction of sp³-hybridized carbons (Fsp3) is 0.571. The topological polar surface area (TPSA) is 87.7 Å². The van der Waals surface area contributed by atoms with Gasteiger partial charge in [-0.25, -0.2) is 4.79 Å². The van der Waals surface area contributed by atoms with E-state index in [9.17, 15) is 14.4 Å². The minimum Gasteiger partial charge on any atom is -0.450 e. The molecule has 2 rings (SSSR count). The highest BCUT2D eigenvalue weighted by Crippen LogP contribution is 2.19. The average Bonchev–Trinajstić information content (AvgIpc) is 2.66. The number of carbonyl (C=O) groups excluding carboxylic acids is 3. The van der Waals surface area contributed by atoms with Crippen LogP contribution in [0.5, 0.6) is 0 Å². The molecule has 0 unspecified atom stereocenters. The molecule has 1 aliphatic rings. The Morgan fingerprint density at radius 2 is 1.86 bits per heavy atom. The largest absolute Gasteiger partial charge is 0.450 e. The van der Waals surface area contributed by atoms with Crippen molar-refractivity contribution in [2.45, 2.75) is 53.1 Å². The normalized spacial score (nSPS) is 15.1. The smallest absolute Gasteiger partial charge is 0.409 e. The van der Waals surface area contributed by atoms with Crippen molar-refractivity contribution in [1.82, 2.24) is 15.5 Å². The fourth-order valence-corrected chi connectivity index (χ4v) is 3.12. The zero-order chi connectivity index (χ0) is 20.7. The summed E-state index contributed by atoms with van der Waals surface area (Å²) < 4.78 is 5.00. The van der Waals surface area contributed by atoms with E-state index in [1.807, 2.05) is 31.2 Å². The van der Waals surface area contributed by atoms with Crippen molar-refractivity contribution in [3.05, 3.63) is 35.4 Å². The molecule has 3 amide bonds. The molecule has 7 nitrogen and oxygen atoms in total. The second-order valence-corrected chi connectivity index (χ2v) is 7.73. The molecular formula is C21H31N3O4. The van der Waals surface area contributed by atoms with Gasteiger partial charge in [-0.3, -0.25) is 9.59 Å². The summed E-state index contributed by atoms with van der Waals surface area (Å²) in [6.07, 6.45) is 0.972. The van der Waals surface area contributed by atoms with Crippen LogP contribution in [-0.2, 0) is 20.9 Å². The van der Waals surface area contributed by atoms with Crippen molar-refractivity contribution in [2.24, 2.45) is 5.41 Å². The Kier molecular flexibility index (Phi) is 7.43. The van der Waals surface area contributed by atoms with Crippen molar-refractivity contribution in [1.29, 1.82) is 0 Å². The first-order valence-electron chi connectivity index (χ1n) is 9.80. The molecule has 2 N–H and O–H groups in total. The van der Waals surface area contributed by atoms with Crippen LogP contribution in [0.3, 0.4) is 0 Å². The number of hydrogen-bond acceptors (Lipinski definition) is 4. The molecule has 0 aliphatic carbocycles. The zero-order valence-electron chi connectivity index (χ0n) is 17.2. The Labute approximate surface area is 166 Å². The number of amides is 3. The number of nitrogens with one attached hydrogen (secondary N) is 2. The lowest BCUT2D eigenvalue weighted by atomic mass is 9.90. The van der Waals surface area contributed by atoms with Crippen LogP contribution in [-0.4, -0.2) is 48.5 Å². The quantitative estimate of drug-likeness (QED) is 0.731. The van der Waals surface area contributed by atoms with E-state index in [0.29, 0.717) is 39.1 Å². The van der Waals surface area contributed by atoms with E-state index < -0.39 is 5.41 Å². The summed E-state index contributed by atoms with van der Waals surface area (Å²) in [5.41, 5.74) is 0.941. The number of nitrogens with zero attached hydrogens (tertiary/aromatic N) is 1. The van der Waals surface area contributed by atoms with E-state index >= 15 is 0 Å². The van der Waals surface area contributed by atoms with Crippen LogP contribution in [0.2, 0.25) is 0 Å². The first-order valence-corrected chi connectivity index (χ1v) is 9.80. The highest BCUT2D eigenvalue weighted by Gasteiger charge is 2.37. The molecule has 0 saturated carbocycles. The second kappa shape index (κ2) is 9.57. The van der Waals surface area contributed by atoms with Crippen LogP contribution in [0.4, 0.5) is 4.79 Å². The number of rotatable bonds is 6. The van der Waals surface area contributed by atoms with Gasteiger partial charge < -0.3 is 20.3 Å². The Bertz CT molecular complexity index is 709. The lowest BCUT2D eigenvalue weighted by molar-refractivity contribution is -0.142. The Hall–Kier alpha value is -2.57. The van der Waals surface area contributed by atoms with Gasteiger partial charge in [-0.05, 0) is 46.1 Å². The van der Waals surface area contributed by atoms with Gasteiger partial charge in [0.05, 0.1) is 6.61 Å².